The second-order valence-corrected chi connectivity index (χ2v) is 4.24. The molecule has 0 fully saturated rings. The number of hydrogen-bond donors (Lipinski definition) is 2. The van der Waals surface area contributed by atoms with Gasteiger partial charge in [-0.3, -0.25) is 4.79 Å². The average Bonchev–Trinajstić information content (AvgIpc) is 2.45. The van der Waals surface area contributed by atoms with Crippen LogP contribution < -0.4 is 20.1 Å². The molecule has 7 heteroatoms. The molecule has 0 aliphatic heterocycles. The number of benzene rings is 1. The fourth-order valence-electron chi connectivity index (χ4n) is 1.69. The van der Waals surface area contributed by atoms with Crippen molar-refractivity contribution in [3.8, 4) is 11.5 Å². The van der Waals surface area contributed by atoms with Crippen LogP contribution in [0.1, 0.15) is 5.56 Å². The van der Waals surface area contributed by atoms with E-state index in [4.69, 9.17) is 14.2 Å². The number of methoxy groups -OCH3 is 3. The highest BCUT2D eigenvalue weighted by Gasteiger charge is 2.10. The van der Waals surface area contributed by atoms with E-state index in [1.165, 1.54) is 0 Å². The largest absolute Gasteiger partial charge is 0.493 e. The van der Waals surface area contributed by atoms with Crippen molar-refractivity contribution in [2.75, 3.05) is 46.3 Å². The van der Waals surface area contributed by atoms with Crippen molar-refractivity contribution in [1.29, 1.82) is 0 Å². The van der Waals surface area contributed by atoms with Gasteiger partial charge < -0.3 is 24.8 Å². The zero-order chi connectivity index (χ0) is 15.0. The van der Waals surface area contributed by atoms with Crippen LogP contribution in [0.5, 0.6) is 11.5 Å². The van der Waals surface area contributed by atoms with Crippen LogP contribution in [-0.2, 0) is 9.53 Å². The summed E-state index contributed by atoms with van der Waals surface area (Å²) in [5.41, 5.74) is 1.62. The molecule has 0 atom stereocenters. The summed E-state index contributed by atoms with van der Waals surface area (Å²) in [5, 5.41) is 5.82. The van der Waals surface area contributed by atoms with Crippen molar-refractivity contribution in [3.05, 3.63) is 17.7 Å². The number of amides is 1. The molecule has 6 nitrogen and oxygen atoms in total. The predicted molar refractivity (Wildman–Crippen MR) is 84.9 cm³/mol. The summed E-state index contributed by atoms with van der Waals surface area (Å²) in [6.45, 7) is 3.34. The Bertz CT molecular complexity index is 455. The summed E-state index contributed by atoms with van der Waals surface area (Å²) in [6, 6.07) is 3.58. The molecule has 1 aromatic carbocycles. The maximum atomic E-state index is 11.8. The van der Waals surface area contributed by atoms with Crippen molar-refractivity contribution < 1.29 is 19.0 Å². The van der Waals surface area contributed by atoms with E-state index in [2.05, 4.69) is 10.6 Å². The van der Waals surface area contributed by atoms with Crippen molar-refractivity contribution in [1.82, 2.24) is 5.32 Å². The minimum atomic E-state index is -0.114. The number of halogens is 1. The van der Waals surface area contributed by atoms with Gasteiger partial charge >= 0.3 is 0 Å². The van der Waals surface area contributed by atoms with E-state index in [1.54, 1.807) is 27.4 Å². The fraction of sp³-hybridized carbons (Fsp3) is 0.500. The molecule has 0 bridgehead atoms. The van der Waals surface area contributed by atoms with Crippen LogP contribution in [0.4, 0.5) is 5.69 Å². The summed E-state index contributed by atoms with van der Waals surface area (Å²) in [7, 11) is 4.76. The van der Waals surface area contributed by atoms with E-state index in [0.717, 1.165) is 5.56 Å². The average molecular weight is 319 g/mol. The van der Waals surface area contributed by atoms with E-state index >= 15 is 0 Å². The molecule has 0 heterocycles. The zero-order valence-electron chi connectivity index (χ0n) is 12.8. The third kappa shape index (κ3) is 6.20. The van der Waals surface area contributed by atoms with Gasteiger partial charge in [-0.05, 0) is 18.6 Å². The molecule has 0 spiro atoms. The minimum Gasteiger partial charge on any atom is -0.493 e. The van der Waals surface area contributed by atoms with Crippen LogP contribution >= 0.6 is 12.4 Å². The molecule has 1 aromatic rings. The van der Waals surface area contributed by atoms with Gasteiger partial charge in [-0.25, -0.2) is 0 Å². The van der Waals surface area contributed by atoms with Gasteiger partial charge in [-0.1, -0.05) is 0 Å². The highest BCUT2D eigenvalue weighted by molar-refractivity contribution is 5.93. The Morgan fingerprint density at radius 3 is 2.33 bits per heavy atom. The van der Waals surface area contributed by atoms with Gasteiger partial charge in [0.05, 0.1) is 27.4 Å². The monoisotopic (exact) mass is 318 g/mol. The summed E-state index contributed by atoms with van der Waals surface area (Å²) in [4.78, 5) is 11.8. The minimum absolute atomic E-state index is 0. The summed E-state index contributed by atoms with van der Waals surface area (Å²) >= 11 is 0. The number of carbonyl (C=O) groups is 1. The van der Waals surface area contributed by atoms with Gasteiger partial charge in [0.2, 0.25) is 5.91 Å². The van der Waals surface area contributed by atoms with Crippen LogP contribution in [0.2, 0.25) is 0 Å². The number of anilines is 1. The second-order valence-electron chi connectivity index (χ2n) is 4.24. The van der Waals surface area contributed by atoms with Gasteiger partial charge in [0.1, 0.15) is 0 Å². The van der Waals surface area contributed by atoms with E-state index < -0.39 is 0 Å². The van der Waals surface area contributed by atoms with Crippen molar-refractivity contribution >= 4 is 24.0 Å². The van der Waals surface area contributed by atoms with Gasteiger partial charge in [0.25, 0.3) is 0 Å². The number of carbonyl (C=O) groups excluding carboxylic acids is 1. The smallest absolute Gasteiger partial charge is 0.238 e. The topological polar surface area (TPSA) is 68.8 Å². The Balaban J connectivity index is 0.00000400. The maximum Gasteiger partial charge on any atom is 0.238 e. The molecule has 1 amide bonds. The van der Waals surface area contributed by atoms with E-state index in [0.29, 0.717) is 30.3 Å². The van der Waals surface area contributed by atoms with Crippen LogP contribution in [-0.4, -0.2) is 46.9 Å². The highest BCUT2D eigenvalue weighted by atomic mass is 35.5. The summed E-state index contributed by atoms with van der Waals surface area (Å²) in [6.07, 6.45) is 0. The predicted octanol–water partition coefficient (Wildman–Crippen LogP) is 1.61. The first kappa shape index (κ1) is 19.5. The molecular weight excluding hydrogens is 296 g/mol. The third-order valence-electron chi connectivity index (χ3n) is 2.77. The van der Waals surface area contributed by atoms with Crippen LogP contribution in [0.25, 0.3) is 0 Å². The lowest BCUT2D eigenvalue weighted by Gasteiger charge is -2.13. The van der Waals surface area contributed by atoms with E-state index in [1.807, 2.05) is 13.0 Å². The van der Waals surface area contributed by atoms with Crippen LogP contribution in [0.3, 0.4) is 0 Å². The van der Waals surface area contributed by atoms with Gasteiger partial charge in [-0.2, -0.15) is 0 Å². The lowest BCUT2D eigenvalue weighted by molar-refractivity contribution is -0.115. The standard InChI is InChI=1S/C14H22N2O4.ClH/c1-10-7-12(19-3)13(20-4)8-11(10)16-14(17)9-15-5-6-18-2;/h7-8,15H,5-6,9H2,1-4H3,(H,16,17);1H. The number of ether oxygens (including phenoxy) is 3. The first-order chi connectivity index (χ1) is 9.62. The molecule has 0 aromatic heterocycles. The first-order valence-corrected chi connectivity index (χ1v) is 6.34. The van der Waals surface area contributed by atoms with Crippen molar-refractivity contribution in [2.24, 2.45) is 0 Å². The van der Waals surface area contributed by atoms with Gasteiger partial charge in [0, 0.05) is 25.4 Å². The quantitative estimate of drug-likeness (QED) is 0.713. The number of aryl methyl sites for hydroxylation is 1. The third-order valence-corrected chi connectivity index (χ3v) is 2.77. The second kappa shape index (κ2) is 10.3. The van der Waals surface area contributed by atoms with E-state index in [9.17, 15) is 4.79 Å². The highest BCUT2D eigenvalue weighted by Crippen LogP contribution is 2.32. The van der Waals surface area contributed by atoms with Crippen molar-refractivity contribution in [2.45, 2.75) is 6.92 Å². The molecular formula is C14H23ClN2O4. The van der Waals surface area contributed by atoms with Crippen LogP contribution in [0, 0.1) is 6.92 Å². The molecule has 2 N–H and O–H groups in total. The van der Waals surface area contributed by atoms with Gasteiger partial charge in [-0.15, -0.1) is 12.4 Å². The lowest BCUT2D eigenvalue weighted by atomic mass is 10.1. The Morgan fingerprint density at radius 1 is 1.14 bits per heavy atom. The Kier molecular flexibility index (Phi) is 9.53. The number of rotatable bonds is 8. The molecule has 0 unspecified atom stereocenters. The number of nitrogens with one attached hydrogen (secondary N) is 2. The Labute approximate surface area is 131 Å². The molecule has 0 saturated carbocycles. The van der Waals surface area contributed by atoms with Gasteiger partial charge in [0.15, 0.2) is 11.5 Å². The molecule has 120 valence electrons. The summed E-state index contributed by atoms with van der Waals surface area (Å²) in [5.74, 6) is 1.11. The van der Waals surface area contributed by atoms with E-state index in [-0.39, 0.29) is 24.9 Å². The molecule has 0 aliphatic rings. The summed E-state index contributed by atoms with van der Waals surface area (Å²) < 4.78 is 15.3. The normalized spacial score (nSPS) is 9.71. The zero-order valence-corrected chi connectivity index (χ0v) is 13.6. The Hall–Kier alpha value is -1.50. The Morgan fingerprint density at radius 2 is 1.76 bits per heavy atom. The SMILES string of the molecule is COCCNCC(=O)Nc1cc(OC)c(OC)cc1C.Cl. The molecule has 21 heavy (non-hydrogen) atoms. The number of hydrogen-bond acceptors (Lipinski definition) is 5. The maximum absolute atomic E-state index is 11.8. The van der Waals surface area contributed by atoms with Crippen LogP contribution in [0.15, 0.2) is 12.1 Å². The lowest BCUT2D eigenvalue weighted by Crippen LogP contribution is -2.30. The molecule has 1 rings (SSSR count). The first-order valence-electron chi connectivity index (χ1n) is 6.34. The fourth-order valence-corrected chi connectivity index (χ4v) is 1.69. The molecule has 0 aliphatic carbocycles. The van der Waals surface area contributed by atoms with Crippen molar-refractivity contribution in [3.63, 3.8) is 0 Å². The molecule has 0 radical (unpaired) electrons. The molecule has 0 saturated heterocycles.